The number of hydrogen-bond donors (Lipinski definition) is 1. The summed E-state index contributed by atoms with van der Waals surface area (Å²) in [7, 11) is 0. The molecule has 2 N–H and O–H groups in total. The first kappa shape index (κ1) is 13.1. The van der Waals surface area contributed by atoms with Crippen LogP contribution in [0.1, 0.15) is 36.7 Å². The summed E-state index contributed by atoms with van der Waals surface area (Å²) in [6.45, 7) is 8.25. The molecule has 20 heavy (non-hydrogen) atoms. The average molecular weight is 287 g/mol. The first-order valence-electron chi connectivity index (χ1n) is 6.56. The van der Waals surface area contributed by atoms with E-state index in [9.17, 15) is 0 Å². The largest absolute Gasteiger partial charge is 0.398 e. The second-order valence-corrected chi connectivity index (χ2v) is 6.31. The van der Waals surface area contributed by atoms with E-state index in [0.29, 0.717) is 0 Å². The standard InChI is InChI=1S/C14H17N5S/c1-7(2)12-16-17-14-19(12)18-13(20-14)10-6-8(3)5-9(4)11(10)15/h5-7H,15H2,1-4H3. The van der Waals surface area contributed by atoms with Crippen LogP contribution >= 0.6 is 11.3 Å². The fourth-order valence-electron chi connectivity index (χ4n) is 2.26. The van der Waals surface area contributed by atoms with Gasteiger partial charge in [-0.25, -0.2) is 0 Å². The lowest BCUT2D eigenvalue weighted by Gasteiger charge is -2.07. The molecule has 0 fully saturated rings. The fraction of sp³-hybridized carbons (Fsp3) is 0.357. The highest BCUT2D eigenvalue weighted by Gasteiger charge is 2.17. The summed E-state index contributed by atoms with van der Waals surface area (Å²) in [6, 6.07) is 4.15. The molecule has 0 aliphatic rings. The predicted octanol–water partition coefficient (Wildman–Crippen LogP) is 3.18. The molecule has 0 saturated heterocycles. The zero-order valence-electron chi connectivity index (χ0n) is 12.0. The molecule has 6 heteroatoms. The maximum absolute atomic E-state index is 6.19. The smallest absolute Gasteiger partial charge is 0.234 e. The number of fused-ring (bicyclic) bond motifs is 1. The summed E-state index contributed by atoms with van der Waals surface area (Å²) in [5.74, 6) is 1.17. The lowest BCUT2D eigenvalue weighted by atomic mass is 10.1. The molecule has 2 aromatic heterocycles. The molecule has 3 rings (SSSR count). The Balaban J connectivity index is 2.20. The van der Waals surface area contributed by atoms with Gasteiger partial charge in [0.15, 0.2) is 5.82 Å². The van der Waals surface area contributed by atoms with Gasteiger partial charge in [-0.3, -0.25) is 0 Å². The van der Waals surface area contributed by atoms with Crippen LogP contribution in [0, 0.1) is 13.8 Å². The first-order valence-corrected chi connectivity index (χ1v) is 7.38. The molecule has 3 aromatic rings. The Labute approximate surface area is 121 Å². The number of aryl methyl sites for hydroxylation is 2. The van der Waals surface area contributed by atoms with Crippen LogP contribution in [0.15, 0.2) is 12.1 Å². The number of hydrogen-bond acceptors (Lipinski definition) is 5. The molecule has 2 heterocycles. The lowest BCUT2D eigenvalue weighted by Crippen LogP contribution is -1.99. The monoisotopic (exact) mass is 287 g/mol. The van der Waals surface area contributed by atoms with Crippen molar-refractivity contribution in [1.29, 1.82) is 0 Å². The van der Waals surface area contributed by atoms with Crippen LogP contribution in [0.3, 0.4) is 0 Å². The number of benzene rings is 1. The van der Waals surface area contributed by atoms with Crippen molar-refractivity contribution in [2.24, 2.45) is 0 Å². The molecule has 0 atom stereocenters. The van der Waals surface area contributed by atoms with Crippen molar-refractivity contribution in [2.45, 2.75) is 33.6 Å². The summed E-state index contributed by atoms with van der Waals surface area (Å²) in [4.78, 5) is 0.808. The Morgan fingerprint density at radius 2 is 1.95 bits per heavy atom. The Morgan fingerprint density at radius 1 is 1.20 bits per heavy atom. The second-order valence-electron chi connectivity index (χ2n) is 5.36. The molecule has 5 nitrogen and oxygen atoms in total. The highest BCUT2D eigenvalue weighted by atomic mass is 32.1. The van der Waals surface area contributed by atoms with Gasteiger partial charge in [-0.1, -0.05) is 36.8 Å². The molecule has 0 radical (unpaired) electrons. The van der Waals surface area contributed by atoms with Gasteiger partial charge in [0.2, 0.25) is 4.96 Å². The van der Waals surface area contributed by atoms with Crippen molar-refractivity contribution in [3.05, 3.63) is 29.1 Å². The Bertz CT molecular complexity index is 784. The summed E-state index contributed by atoms with van der Waals surface area (Å²) in [5, 5.41) is 13.9. The highest BCUT2D eigenvalue weighted by Crippen LogP contribution is 2.33. The third kappa shape index (κ3) is 1.96. The van der Waals surface area contributed by atoms with Crippen LogP contribution in [-0.4, -0.2) is 19.8 Å². The summed E-state index contributed by atoms with van der Waals surface area (Å²) >= 11 is 1.52. The molecule has 0 unspecified atom stereocenters. The topological polar surface area (TPSA) is 69.1 Å². The normalized spacial score (nSPS) is 11.7. The number of nitrogens with two attached hydrogens (primary N) is 1. The van der Waals surface area contributed by atoms with Crippen molar-refractivity contribution in [1.82, 2.24) is 19.8 Å². The van der Waals surface area contributed by atoms with E-state index >= 15 is 0 Å². The third-order valence-electron chi connectivity index (χ3n) is 3.29. The first-order chi connectivity index (χ1) is 9.47. The molecule has 0 saturated carbocycles. The Hall–Kier alpha value is -1.95. The van der Waals surface area contributed by atoms with E-state index in [4.69, 9.17) is 5.73 Å². The zero-order chi connectivity index (χ0) is 14.4. The van der Waals surface area contributed by atoms with E-state index in [2.05, 4.69) is 48.2 Å². The molecule has 1 aromatic carbocycles. The van der Waals surface area contributed by atoms with Crippen molar-refractivity contribution in [3.63, 3.8) is 0 Å². The highest BCUT2D eigenvalue weighted by molar-refractivity contribution is 7.19. The van der Waals surface area contributed by atoms with Crippen molar-refractivity contribution < 1.29 is 0 Å². The van der Waals surface area contributed by atoms with E-state index < -0.39 is 0 Å². The Kier molecular flexibility index (Phi) is 2.97. The SMILES string of the molecule is Cc1cc(C)c(N)c(-c2nn3c(C(C)C)nnc3s2)c1. The van der Waals surface area contributed by atoms with E-state index in [1.807, 2.05) is 11.4 Å². The van der Waals surface area contributed by atoms with Gasteiger partial charge in [0, 0.05) is 17.2 Å². The fourth-order valence-corrected chi connectivity index (χ4v) is 3.13. The van der Waals surface area contributed by atoms with Crippen molar-refractivity contribution in [2.75, 3.05) is 5.73 Å². The molecular formula is C14H17N5S. The molecule has 0 aliphatic carbocycles. The predicted molar refractivity (Wildman–Crippen MR) is 82.1 cm³/mol. The quantitative estimate of drug-likeness (QED) is 0.735. The van der Waals surface area contributed by atoms with Crippen molar-refractivity contribution in [3.8, 4) is 10.6 Å². The maximum Gasteiger partial charge on any atom is 0.234 e. The maximum atomic E-state index is 6.19. The van der Waals surface area contributed by atoms with Crippen LogP contribution in [0.2, 0.25) is 0 Å². The minimum absolute atomic E-state index is 0.288. The van der Waals surface area contributed by atoms with Gasteiger partial charge in [0.1, 0.15) is 5.01 Å². The molecule has 104 valence electrons. The summed E-state index contributed by atoms with van der Waals surface area (Å²) in [6.07, 6.45) is 0. The van der Waals surface area contributed by atoms with Crippen LogP contribution in [0.5, 0.6) is 0 Å². The molecule has 0 amide bonds. The summed E-state index contributed by atoms with van der Waals surface area (Å²) < 4.78 is 1.82. The van der Waals surface area contributed by atoms with E-state index in [0.717, 1.165) is 32.6 Å². The van der Waals surface area contributed by atoms with E-state index in [1.165, 1.54) is 16.9 Å². The minimum Gasteiger partial charge on any atom is -0.398 e. The van der Waals surface area contributed by atoms with E-state index in [1.54, 1.807) is 0 Å². The minimum atomic E-state index is 0.288. The number of nitrogens with zero attached hydrogens (tertiary/aromatic N) is 4. The number of aromatic nitrogens is 4. The lowest BCUT2D eigenvalue weighted by molar-refractivity contribution is 0.727. The average Bonchev–Trinajstić information content (AvgIpc) is 2.92. The van der Waals surface area contributed by atoms with Gasteiger partial charge in [-0.15, -0.1) is 10.2 Å². The van der Waals surface area contributed by atoms with Gasteiger partial charge in [-0.2, -0.15) is 9.61 Å². The number of nitrogen functional groups attached to an aromatic ring is 1. The van der Waals surface area contributed by atoms with Gasteiger partial charge in [-0.05, 0) is 25.5 Å². The number of rotatable bonds is 2. The third-order valence-corrected chi connectivity index (χ3v) is 4.23. The molecular weight excluding hydrogens is 270 g/mol. The summed E-state index contributed by atoms with van der Waals surface area (Å²) in [5.41, 5.74) is 10.2. The number of anilines is 1. The van der Waals surface area contributed by atoms with Gasteiger partial charge in [0.25, 0.3) is 0 Å². The Morgan fingerprint density at radius 3 is 2.65 bits per heavy atom. The zero-order valence-corrected chi connectivity index (χ0v) is 12.8. The van der Waals surface area contributed by atoms with Crippen LogP contribution in [0.4, 0.5) is 5.69 Å². The van der Waals surface area contributed by atoms with Gasteiger partial charge < -0.3 is 5.73 Å². The molecule has 0 spiro atoms. The van der Waals surface area contributed by atoms with Crippen molar-refractivity contribution >= 4 is 22.0 Å². The second kappa shape index (κ2) is 4.56. The molecule has 0 bridgehead atoms. The van der Waals surface area contributed by atoms with Crippen LogP contribution in [-0.2, 0) is 0 Å². The van der Waals surface area contributed by atoms with E-state index in [-0.39, 0.29) is 5.92 Å². The van der Waals surface area contributed by atoms with Crippen LogP contribution < -0.4 is 5.73 Å². The molecule has 0 aliphatic heterocycles. The van der Waals surface area contributed by atoms with Gasteiger partial charge >= 0.3 is 0 Å². The van der Waals surface area contributed by atoms with Gasteiger partial charge in [0.05, 0.1) is 0 Å². The van der Waals surface area contributed by atoms with Crippen LogP contribution in [0.25, 0.3) is 15.5 Å².